The molecule has 1 aliphatic rings. The number of rotatable bonds is 6. The lowest BCUT2D eigenvalue weighted by molar-refractivity contribution is -0.140. The molecule has 1 atom stereocenters. The second kappa shape index (κ2) is 20.3. The van der Waals surface area contributed by atoms with Crippen LogP contribution in [0.1, 0.15) is 90.7 Å². The highest BCUT2D eigenvalue weighted by Crippen LogP contribution is 2.35. The van der Waals surface area contributed by atoms with Gasteiger partial charge in [-0.15, -0.1) is 0 Å². The quantitative estimate of drug-likeness (QED) is 0.272. The highest BCUT2D eigenvalue weighted by Gasteiger charge is 2.33. The summed E-state index contributed by atoms with van der Waals surface area (Å²) in [6.07, 6.45) is -1.14. The Hall–Kier alpha value is -3.59. The van der Waals surface area contributed by atoms with E-state index in [4.69, 9.17) is 16.3 Å². The van der Waals surface area contributed by atoms with Crippen LogP contribution in [0.15, 0.2) is 60.3 Å². The molecular weight excluding hydrogens is 567 g/mol. The standard InChI is InChI=1S/C24H19ClF3N3O3.4C2H6/c25-15-4-9-20-19(11-15)21(12-22(31-20)24(26,27)28)29-16-5-7-17(8-6-16)30-23(33)14-2-1-3-18(10-14)34-13-32;4*1-2/h1-5,9-13,17H,6-8H2,(H,29,31)(H,30,33);4*1-2H3. The minimum Gasteiger partial charge on any atom is -0.429 e. The molecule has 1 amide bonds. The number of nitrogens with one attached hydrogen (secondary N) is 2. The van der Waals surface area contributed by atoms with E-state index in [0.29, 0.717) is 35.2 Å². The Balaban J connectivity index is 0.00000194. The number of nitrogens with zero attached hydrogens (tertiary/aromatic N) is 1. The smallest absolute Gasteiger partial charge is 0.429 e. The summed E-state index contributed by atoms with van der Waals surface area (Å²) >= 11 is 6.05. The maximum Gasteiger partial charge on any atom is 0.433 e. The van der Waals surface area contributed by atoms with Crippen molar-refractivity contribution in [2.24, 2.45) is 0 Å². The fourth-order valence-corrected chi connectivity index (χ4v) is 3.91. The van der Waals surface area contributed by atoms with Gasteiger partial charge in [0, 0.05) is 33.4 Å². The van der Waals surface area contributed by atoms with E-state index in [2.05, 4.69) is 15.6 Å². The number of fused-ring (bicyclic) bond motifs is 1. The molecule has 0 radical (unpaired) electrons. The third-order valence-corrected chi connectivity index (χ3v) is 5.62. The first-order valence-electron chi connectivity index (χ1n) is 14.4. The van der Waals surface area contributed by atoms with Crippen molar-refractivity contribution in [1.82, 2.24) is 10.3 Å². The van der Waals surface area contributed by atoms with Gasteiger partial charge in [-0.2, -0.15) is 13.2 Å². The van der Waals surface area contributed by atoms with E-state index in [-0.39, 0.29) is 35.4 Å². The number of halogens is 4. The van der Waals surface area contributed by atoms with Crippen LogP contribution in [0.3, 0.4) is 0 Å². The number of benzene rings is 2. The van der Waals surface area contributed by atoms with Crippen LogP contribution in [0.25, 0.3) is 10.9 Å². The van der Waals surface area contributed by atoms with Gasteiger partial charge in [0.05, 0.1) is 5.52 Å². The molecule has 0 bridgehead atoms. The van der Waals surface area contributed by atoms with Crippen molar-refractivity contribution < 1.29 is 27.5 Å². The van der Waals surface area contributed by atoms with Gasteiger partial charge in [-0.1, -0.05) is 79.1 Å². The van der Waals surface area contributed by atoms with Gasteiger partial charge >= 0.3 is 6.18 Å². The van der Waals surface area contributed by atoms with Crippen LogP contribution in [0.2, 0.25) is 5.02 Å². The normalized spacial score (nSPS) is 13.5. The van der Waals surface area contributed by atoms with Gasteiger partial charge in [0.25, 0.3) is 12.4 Å². The molecule has 232 valence electrons. The number of anilines is 1. The summed E-state index contributed by atoms with van der Waals surface area (Å²) in [4.78, 5) is 26.7. The van der Waals surface area contributed by atoms with Crippen molar-refractivity contribution >= 4 is 40.6 Å². The molecule has 1 unspecified atom stereocenters. The van der Waals surface area contributed by atoms with Gasteiger partial charge in [0.1, 0.15) is 11.4 Å². The summed E-state index contributed by atoms with van der Waals surface area (Å²) in [6, 6.07) is 11.6. The van der Waals surface area contributed by atoms with Crippen LogP contribution in [0.5, 0.6) is 5.75 Å². The topological polar surface area (TPSA) is 80.3 Å². The summed E-state index contributed by atoms with van der Waals surface area (Å²) < 4.78 is 44.8. The number of carbonyl (C=O) groups is 2. The molecule has 42 heavy (non-hydrogen) atoms. The fraction of sp³-hybridized carbons (Fsp3) is 0.406. The van der Waals surface area contributed by atoms with Crippen molar-refractivity contribution in [3.63, 3.8) is 0 Å². The molecule has 2 N–H and O–H groups in total. The zero-order chi connectivity index (χ0) is 32.3. The molecule has 0 saturated heterocycles. The number of hydrogen-bond donors (Lipinski definition) is 2. The van der Waals surface area contributed by atoms with Gasteiger partial charge in [-0.25, -0.2) is 4.98 Å². The van der Waals surface area contributed by atoms with Gasteiger partial charge in [0.2, 0.25) is 0 Å². The Morgan fingerprint density at radius 2 is 1.67 bits per heavy atom. The second-order valence-corrected chi connectivity index (χ2v) is 8.19. The number of amides is 1. The zero-order valence-electron chi connectivity index (χ0n) is 25.7. The van der Waals surface area contributed by atoms with Crippen molar-refractivity contribution in [2.75, 3.05) is 5.32 Å². The van der Waals surface area contributed by atoms with Crippen molar-refractivity contribution in [3.05, 3.63) is 76.6 Å². The number of allylic oxidation sites excluding steroid dienone is 1. The summed E-state index contributed by atoms with van der Waals surface area (Å²) in [7, 11) is 0. The fourth-order valence-electron chi connectivity index (χ4n) is 3.73. The number of aromatic nitrogens is 1. The molecule has 0 saturated carbocycles. The predicted molar refractivity (Wildman–Crippen MR) is 167 cm³/mol. The van der Waals surface area contributed by atoms with Gasteiger partial charge in [-0.05, 0) is 61.7 Å². The SMILES string of the molecule is CC.CC.CC.CC.O=COc1cccc(C(=O)NC2CC=C(Nc3cc(C(F)(F)F)nc4ccc(Cl)cc34)CC2)c1. The van der Waals surface area contributed by atoms with E-state index in [1.807, 2.05) is 61.5 Å². The largest absolute Gasteiger partial charge is 0.433 e. The van der Waals surface area contributed by atoms with Gasteiger partial charge in [-0.3, -0.25) is 9.59 Å². The molecule has 2 aromatic carbocycles. The molecular formula is C32H43ClF3N3O3. The summed E-state index contributed by atoms with van der Waals surface area (Å²) in [6.45, 7) is 16.3. The average Bonchev–Trinajstić information content (AvgIpc) is 3.02. The third-order valence-electron chi connectivity index (χ3n) is 5.38. The Morgan fingerprint density at radius 1 is 1.00 bits per heavy atom. The number of pyridine rings is 1. The molecule has 0 aliphatic heterocycles. The highest BCUT2D eigenvalue weighted by atomic mass is 35.5. The summed E-state index contributed by atoms with van der Waals surface area (Å²) in [5, 5.41) is 6.88. The predicted octanol–water partition coefficient (Wildman–Crippen LogP) is 9.83. The van der Waals surface area contributed by atoms with E-state index < -0.39 is 11.9 Å². The molecule has 6 nitrogen and oxygen atoms in total. The Morgan fingerprint density at radius 3 is 2.24 bits per heavy atom. The minimum atomic E-state index is -4.59. The average molecular weight is 610 g/mol. The number of carbonyl (C=O) groups excluding carboxylic acids is 2. The zero-order valence-corrected chi connectivity index (χ0v) is 26.4. The van der Waals surface area contributed by atoms with Gasteiger partial charge in [0.15, 0.2) is 0 Å². The van der Waals surface area contributed by atoms with Gasteiger partial charge < -0.3 is 15.4 Å². The van der Waals surface area contributed by atoms with E-state index in [9.17, 15) is 22.8 Å². The molecule has 1 heterocycles. The molecule has 1 aromatic heterocycles. The second-order valence-electron chi connectivity index (χ2n) is 7.76. The lowest BCUT2D eigenvalue weighted by atomic mass is 9.98. The van der Waals surface area contributed by atoms with Crippen LogP contribution in [-0.2, 0) is 11.0 Å². The van der Waals surface area contributed by atoms with E-state index in [0.717, 1.165) is 11.8 Å². The van der Waals surface area contributed by atoms with Crippen LogP contribution in [0, 0.1) is 0 Å². The molecule has 1 aliphatic carbocycles. The molecule has 0 spiro atoms. The van der Waals surface area contributed by atoms with Crippen LogP contribution < -0.4 is 15.4 Å². The first-order valence-corrected chi connectivity index (χ1v) is 14.8. The van der Waals surface area contributed by atoms with E-state index in [1.54, 1.807) is 24.3 Å². The molecule has 0 fully saturated rings. The number of hydrogen-bond acceptors (Lipinski definition) is 5. The first kappa shape index (κ1) is 38.4. The molecule has 4 rings (SSSR count). The van der Waals surface area contributed by atoms with Crippen molar-refractivity contribution in [2.45, 2.75) is 86.9 Å². The van der Waals surface area contributed by atoms with Crippen molar-refractivity contribution in [3.8, 4) is 5.75 Å². The van der Waals surface area contributed by atoms with Crippen LogP contribution >= 0.6 is 11.6 Å². The van der Waals surface area contributed by atoms with Crippen molar-refractivity contribution in [1.29, 1.82) is 0 Å². The monoisotopic (exact) mass is 609 g/mol. The lowest BCUT2D eigenvalue weighted by Gasteiger charge is -2.24. The third kappa shape index (κ3) is 11.7. The number of ether oxygens (including phenoxy) is 1. The lowest BCUT2D eigenvalue weighted by Crippen LogP contribution is -2.36. The number of alkyl halides is 3. The maximum atomic E-state index is 13.3. The Bertz CT molecular complexity index is 1280. The molecule has 3 aromatic rings. The van der Waals surface area contributed by atoms with Crippen LogP contribution in [-0.4, -0.2) is 23.4 Å². The Labute approximate surface area is 252 Å². The summed E-state index contributed by atoms with van der Waals surface area (Å²) in [5.74, 6) is -0.0451. The first-order chi connectivity index (χ1) is 20.2. The minimum absolute atomic E-state index is 0.150. The maximum absolute atomic E-state index is 13.3. The highest BCUT2D eigenvalue weighted by molar-refractivity contribution is 6.31. The van der Waals surface area contributed by atoms with E-state index >= 15 is 0 Å². The Kier molecular flexibility index (Phi) is 18.6. The molecule has 10 heteroatoms. The van der Waals surface area contributed by atoms with E-state index in [1.165, 1.54) is 18.2 Å². The van der Waals surface area contributed by atoms with Crippen LogP contribution in [0.4, 0.5) is 18.9 Å². The summed E-state index contributed by atoms with van der Waals surface area (Å²) in [5.41, 5.74) is 0.552.